The summed E-state index contributed by atoms with van der Waals surface area (Å²) in [5.41, 5.74) is 0. The fourth-order valence-corrected chi connectivity index (χ4v) is 1.70. The highest BCUT2D eigenvalue weighted by molar-refractivity contribution is 5.75. The zero-order valence-corrected chi connectivity index (χ0v) is 11.8. The Kier molecular flexibility index (Phi) is 11.5. The van der Waals surface area contributed by atoms with Crippen LogP contribution in [0.1, 0.15) is 65.7 Å². The Balaban J connectivity index is 3.16. The van der Waals surface area contributed by atoms with Crippen molar-refractivity contribution < 1.29 is 4.79 Å². The third kappa shape index (κ3) is 13.4. The average Bonchev–Trinajstić information content (AvgIpc) is 2.27. The van der Waals surface area contributed by atoms with E-state index in [1.54, 1.807) is 0 Å². The lowest BCUT2D eigenvalue weighted by Gasteiger charge is -2.08. The number of hydrogen-bond acceptors (Lipinski definition) is 2. The molecule has 1 amide bonds. The summed E-state index contributed by atoms with van der Waals surface area (Å²) in [4.78, 5) is 11.4. The van der Waals surface area contributed by atoms with Crippen LogP contribution in [-0.2, 0) is 4.79 Å². The first-order valence-corrected chi connectivity index (χ1v) is 7.17. The molecule has 0 aromatic heterocycles. The van der Waals surface area contributed by atoms with Gasteiger partial charge >= 0.3 is 0 Å². The van der Waals surface area contributed by atoms with Gasteiger partial charge in [-0.05, 0) is 6.42 Å². The minimum absolute atomic E-state index is 0.173. The molecule has 0 fully saturated rings. The van der Waals surface area contributed by atoms with E-state index in [2.05, 4.69) is 31.4 Å². The first-order valence-electron chi connectivity index (χ1n) is 7.17. The van der Waals surface area contributed by atoms with Crippen LogP contribution in [-0.4, -0.2) is 25.0 Å². The van der Waals surface area contributed by atoms with E-state index in [4.69, 9.17) is 0 Å². The highest BCUT2D eigenvalue weighted by Gasteiger charge is 2.00. The molecule has 0 spiro atoms. The molecular weight excluding hydrogens is 212 g/mol. The van der Waals surface area contributed by atoms with E-state index in [1.807, 2.05) is 0 Å². The maximum atomic E-state index is 11.4. The Morgan fingerprint density at radius 1 is 1.00 bits per heavy atom. The number of nitrogens with one attached hydrogen (secondary N) is 2. The van der Waals surface area contributed by atoms with Crippen molar-refractivity contribution in [3.05, 3.63) is 0 Å². The Morgan fingerprint density at radius 2 is 1.65 bits per heavy atom. The second kappa shape index (κ2) is 11.9. The fourth-order valence-electron chi connectivity index (χ4n) is 1.70. The van der Waals surface area contributed by atoms with Crippen LogP contribution < -0.4 is 10.6 Å². The minimum Gasteiger partial charge on any atom is -0.356 e. The van der Waals surface area contributed by atoms with Crippen LogP contribution in [0.3, 0.4) is 0 Å². The second-order valence-corrected chi connectivity index (χ2v) is 4.98. The number of rotatable bonds is 11. The van der Waals surface area contributed by atoms with Crippen molar-refractivity contribution in [1.82, 2.24) is 10.6 Å². The van der Waals surface area contributed by atoms with Gasteiger partial charge in [-0.2, -0.15) is 0 Å². The summed E-state index contributed by atoms with van der Waals surface area (Å²) >= 11 is 0. The Labute approximate surface area is 107 Å². The van der Waals surface area contributed by atoms with Gasteiger partial charge in [0.15, 0.2) is 0 Å². The van der Waals surface area contributed by atoms with Gasteiger partial charge < -0.3 is 10.6 Å². The van der Waals surface area contributed by atoms with E-state index < -0.39 is 0 Å². The van der Waals surface area contributed by atoms with Gasteiger partial charge in [0.25, 0.3) is 0 Å². The molecule has 17 heavy (non-hydrogen) atoms. The Hall–Kier alpha value is -0.570. The zero-order chi connectivity index (χ0) is 12.9. The van der Waals surface area contributed by atoms with Crippen molar-refractivity contribution in [3.8, 4) is 0 Å². The maximum absolute atomic E-state index is 11.4. The second-order valence-electron chi connectivity index (χ2n) is 4.98. The molecule has 0 aromatic rings. The van der Waals surface area contributed by atoms with E-state index in [1.165, 1.54) is 32.1 Å². The fraction of sp³-hybridized carbons (Fsp3) is 0.929. The Morgan fingerprint density at radius 3 is 2.29 bits per heavy atom. The predicted octanol–water partition coefficient (Wildman–Crippen LogP) is 2.85. The van der Waals surface area contributed by atoms with Crippen LogP contribution in [0.4, 0.5) is 0 Å². The summed E-state index contributed by atoms with van der Waals surface area (Å²) in [6, 6.07) is 0.460. The van der Waals surface area contributed by atoms with Crippen molar-refractivity contribution in [2.24, 2.45) is 0 Å². The van der Waals surface area contributed by atoms with E-state index in [0.717, 1.165) is 19.5 Å². The molecule has 0 aromatic carbocycles. The first kappa shape index (κ1) is 16.4. The molecule has 0 saturated carbocycles. The van der Waals surface area contributed by atoms with Crippen molar-refractivity contribution in [2.75, 3.05) is 13.1 Å². The van der Waals surface area contributed by atoms with Gasteiger partial charge in [-0.1, -0.05) is 52.9 Å². The summed E-state index contributed by atoms with van der Waals surface area (Å²) in [5, 5.41) is 6.21. The smallest absolute Gasteiger partial charge is 0.221 e. The number of amides is 1. The normalized spacial score (nSPS) is 10.8. The molecule has 0 heterocycles. The van der Waals surface area contributed by atoms with Crippen molar-refractivity contribution >= 4 is 5.91 Å². The molecule has 0 saturated heterocycles. The van der Waals surface area contributed by atoms with E-state index >= 15 is 0 Å². The maximum Gasteiger partial charge on any atom is 0.221 e. The van der Waals surface area contributed by atoms with Crippen molar-refractivity contribution in [1.29, 1.82) is 0 Å². The predicted molar refractivity (Wildman–Crippen MR) is 74.1 cm³/mol. The lowest BCUT2D eigenvalue weighted by atomic mass is 10.1. The summed E-state index contributed by atoms with van der Waals surface area (Å²) in [6.07, 6.45) is 8.22. The van der Waals surface area contributed by atoms with E-state index in [-0.39, 0.29) is 5.91 Å². The van der Waals surface area contributed by atoms with Gasteiger partial charge in [0, 0.05) is 25.6 Å². The third-order valence-electron chi connectivity index (χ3n) is 2.76. The lowest BCUT2D eigenvalue weighted by Crippen LogP contribution is -2.31. The van der Waals surface area contributed by atoms with Crippen LogP contribution >= 0.6 is 0 Å². The molecule has 0 unspecified atom stereocenters. The van der Waals surface area contributed by atoms with E-state index in [9.17, 15) is 4.79 Å². The molecule has 0 radical (unpaired) electrons. The highest BCUT2D eigenvalue weighted by Crippen LogP contribution is 2.03. The van der Waals surface area contributed by atoms with Gasteiger partial charge in [-0.15, -0.1) is 0 Å². The van der Waals surface area contributed by atoms with Gasteiger partial charge in [-0.3, -0.25) is 4.79 Å². The van der Waals surface area contributed by atoms with Crippen LogP contribution in [0, 0.1) is 0 Å². The quantitative estimate of drug-likeness (QED) is 0.547. The number of unbranched alkanes of at least 4 members (excludes halogenated alkanes) is 5. The zero-order valence-electron chi connectivity index (χ0n) is 11.8. The number of hydrogen-bond donors (Lipinski definition) is 2. The molecule has 0 aliphatic rings. The molecule has 3 nitrogen and oxygen atoms in total. The van der Waals surface area contributed by atoms with Gasteiger partial charge in [-0.25, -0.2) is 0 Å². The van der Waals surface area contributed by atoms with E-state index in [0.29, 0.717) is 12.5 Å². The van der Waals surface area contributed by atoms with Gasteiger partial charge in [0.2, 0.25) is 5.91 Å². The van der Waals surface area contributed by atoms with Crippen LogP contribution in [0.5, 0.6) is 0 Å². The number of carbonyl (C=O) groups excluding carboxylic acids is 1. The molecular formula is C14H30N2O. The average molecular weight is 242 g/mol. The van der Waals surface area contributed by atoms with Crippen LogP contribution in [0.2, 0.25) is 0 Å². The number of carbonyl (C=O) groups is 1. The molecule has 0 aliphatic heterocycles. The van der Waals surface area contributed by atoms with Gasteiger partial charge in [0.05, 0.1) is 0 Å². The summed E-state index contributed by atoms with van der Waals surface area (Å²) < 4.78 is 0. The molecule has 0 atom stereocenters. The monoisotopic (exact) mass is 242 g/mol. The summed E-state index contributed by atoms with van der Waals surface area (Å²) in [7, 11) is 0. The molecule has 0 aliphatic carbocycles. The Bertz CT molecular complexity index is 181. The first-order chi connectivity index (χ1) is 8.16. The summed E-state index contributed by atoms with van der Waals surface area (Å²) in [5.74, 6) is 0.173. The minimum atomic E-state index is 0.173. The topological polar surface area (TPSA) is 41.1 Å². The lowest BCUT2D eigenvalue weighted by molar-refractivity contribution is -0.121. The SMILES string of the molecule is CCCCCCCCNC(=O)CCNC(C)C. The summed E-state index contributed by atoms with van der Waals surface area (Å²) in [6.45, 7) is 8.03. The molecule has 3 heteroatoms. The molecule has 102 valence electrons. The largest absolute Gasteiger partial charge is 0.356 e. The van der Waals surface area contributed by atoms with Crippen molar-refractivity contribution in [2.45, 2.75) is 71.8 Å². The highest BCUT2D eigenvalue weighted by atomic mass is 16.1. The standard InChI is InChI=1S/C14H30N2O/c1-4-5-6-7-8-9-11-16-14(17)10-12-15-13(2)3/h13,15H,4-12H2,1-3H3,(H,16,17). The molecule has 0 rings (SSSR count). The van der Waals surface area contributed by atoms with Crippen molar-refractivity contribution in [3.63, 3.8) is 0 Å². The van der Waals surface area contributed by atoms with Gasteiger partial charge in [0.1, 0.15) is 0 Å². The molecule has 0 bridgehead atoms. The van der Waals surface area contributed by atoms with Crippen LogP contribution in [0.25, 0.3) is 0 Å². The van der Waals surface area contributed by atoms with Crippen LogP contribution in [0.15, 0.2) is 0 Å². The third-order valence-corrected chi connectivity index (χ3v) is 2.76. The molecule has 2 N–H and O–H groups in total.